The molecule has 4 rings (SSSR count). The zero-order valence-corrected chi connectivity index (χ0v) is 16.0. The Morgan fingerprint density at radius 2 is 1.86 bits per heavy atom. The molecule has 7 nitrogen and oxygen atoms in total. The highest BCUT2D eigenvalue weighted by Gasteiger charge is 2.17. The van der Waals surface area contributed by atoms with Gasteiger partial charge in [0.2, 0.25) is 0 Å². The van der Waals surface area contributed by atoms with Crippen molar-refractivity contribution in [1.29, 1.82) is 0 Å². The fourth-order valence-corrected chi connectivity index (χ4v) is 4.01. The summed E-state index contributed by atoms with van der Waals surface area (Å²) in [4.78, 5) is 29.1. The van der Waals surface area contributed by atoms with E-state index < -0.39 is 0 Å². The monoisotopic (exact) mass is 398 g/mol. The van der Waals surface area contributed by atoms with Crippen molar-refractivity contribution in [2.45, 2.75) is 13.0 Å². The van der Waals surface area contributed by atoms with E-state index in [9.17, 15) is 9.59 Å². The molecule has 0 aliphatic carbocycles. The predicted octanol–water partition coefficient (Wildman–Crippen LogP) is 2.78. The number of methoxy groups -OCH3 is 1. The van der Waals surface area contributed by atoms with Crippen LogP contribution >= 0.6 is 11.3 Å². The Bertz CT molecular complexity index is 1100. The molecular weight excluding hydrogens is 380 g/mol. The topological polar surface area (TPSA) is 79.1 Å². The number of ether oxygens (including phenoxy) is 3. The normalized spacial score (nSPS) is 13.5. The Hall–Kier alpha value is -3.13. The number of rotatable bonds is 4. The van der Waals surface area contributed by atoms with E-state index >= 15 is 0 Å². The van der Waals surface area contributed by atoms with Crippen LogP contribution in [0.4, 0.5) is 0 Å². The van der Waals surface area contributed by atoms with Gasteiger partial charge in [-0.1, -0.05) is 29.5 Å². The molecule has 2 aromatic carbocycles. The summed E-state index contributed by atoms with van der Waals surface area (Å²) in [6.45, 7) is 1.32. The number of carbonyl (C=O) groups excluding carboxylic acids is 2. The summed E-state index contributed by atoms with van der Waals surface area (Å²) < 4.78 is 18.8. The average molecular weight is 398 g/mol. The minimum atomic E-state index is -0.337. The fraction of sp³-hybridized carbons (Fsp3) is 0.250. The number of amides is 1. The number of hydrogen-bond acceptors (Lipinski definition) is 6. The minimum absolute atomic E-state index is 0.170. The Balaban J connectivity index is 1.82. The highest BCUT2D eigenvalue weighted by Crippen LogP contribution is 2.35. The van der Waals surface area contributed by atoms with E-state index in [0.29, 0.717) is 41.6 Å². The van der Waals surface area contributed by atoms with Gasteiger partial charge in [-0.3, -0.25) is 9.59 Å². The molecule has 0 unspecified atom stereocenters. The van der Waals surface area contributed by atoms with Crippen molar-refractivity contribution in [3.63, 3.8) is 0 Å². The Labute approximate surface area is 164 Å². The summed E-state index contributed by atoms with van der Waals surface area (Å²) in [5.74, 6) is 0.645. The number of carbonyl (C=O) groups is 2. The summed E-state index contributed by atoms with van der Waals surface area (Å²) in [5, 5.41) is 0. The Kier molecular flexibility index (Phi) is 5.12. The summed E-state index contributed by atoms with van der Waals surface area (Å²) >= 11 is 1.37. The molecule has 8 heteroatoms. The van der Waals surface area contributed by atoms with Gasteiger partial charge in [0.15, 0.2) is 16.3 Å². The molecule has 0 saturated heterocycles. The molecule has 1 aliphatic rings. The standard InChI is InChI=1S/C20H18N2O5S/c1-25-18(23)7-8-22-14-11-15-16(27-10-9-26-15)12-17(14)28-20(22)21-19(24)13-5-3-2-4-6-13/h2-6,11-12H,7-10H2,1H3. The predicted molar refractivity (Wildman–Crippen MR) is 104 cm³/mol. The maximum absolute atomic E-state index is 12.6. The van der Waals surface area contributed by atoms with E-state index in [4.69, 9.17) is 14.2 Å². The average Bonchev–Trinajstić information content (AvgIpc) is 3.06. The van der Waals surface area contributed by atoms with E-state index in [1.165, 1.54) is 18.4 Å². The van der Waals surface area contributed by atoms with Crippen molar-refractivity contribution in [1.82, 2.24) is 4.57 Å². The summed E-state index contributed by atoms with van der Waals surface area (Å²) in [5.41, 5.74) is 1.34. The van der Waals surface area contributed by atoms with Crippen molar-refractivity contribution < 1.29 is 23.8 Å². The third kappa shape index (κ3) is 3.63. The second-order valence-electron chi connectivity index (χ2n) is 6.11. The van der Waals surface area contributed by atoms with Gasteiger partial charge in [-0.2, -0.15) is 4.99 Å². The first-order chi connectivity index (χ1) is 13.7. The first-order valence-electron chi connectivity index (χ1n) is 8.79. The van der Waals surface area contributed by atoms with Gasteiger partial charge in [0.1, 0.15) is 13.2 Å². The van der Waals surface area contributed by atoms with Crippen LogP contribution in [0, 0.1) is 0 Å². The van der Waals surface area contributed by atoms with Crippen molar-refractivity contribution in [2.75, 3.05) is 20.3 Å². The van der Waals surface area contributed by atoms with Crippen molar-refractivity contribution in [3.8, 4) is 11.5 Å². The molecule has 0 spiro atoms. The second-order valence-corrected chi connectivity index (χ2v) is 7.12. The molecule has 144 valence electrons. The highest BCUT2D eigenvalue weighted by atomic mass is 32.1. The fourth-order valence-electron chi connectivity index (χ4n) is 2.95. The van der Waals surface area contributed by atoms with Gasteiger partial charge in [0.25, 0.3) is 5.91 Å². The van der Waals surface area contributed by atoms with Gasteiger partial charge in [0, 0.05) is 24.2 Å². The molecule has 0 N–H and O–H groups in total. The number of aryl methyl sites for hydroxylation is 1. The second kappa shape index (κ2) is 7.85. The lowest BCUT2D eigenvalue weighted by Gasteiger charge is -2.18. The molecule has 2 heterocycles. The molecule has 3 aromatic rings. The van der Waals surface area contributed by atoms with Crippen molar-refractivity contribution >= 4 is 33.4 Å². The quantitative estimate of drug-likeness (QED) is 0.632. The van der Waals surface area contributed by atoms with Crippen LogP contribution in [-0.4, -0.2) is 36.8 Å². The molecule has 0 radical (unpaired) electrons. The van der Waals surface area contributed by atoms with Crippen molar-refractivity contribution in [2.24, 2.45) is 4.99 Å². The van der Waals surface area contributed by atoms with Crippen LogP contribution in [0.3, 0.4) is 0 Å². The molecule has 1 aromatic heterocycles. The minimum Gasteiger partial charge on any atom is -0.486 e. The summed E-state index contributed by atoms with van der Waals surface area (Å²) in [7, 11) is 1.35. The van der Waals surface area contributed by atoms with Gasteiger partial charge in [0.05, 0.1) is 23.7 Å². The molecule has 0 atom stereocenters. The lowest BCUT2D eigenvalue weighted by Crippen LogP contribution is -2.19. The van der Waals surface area contributed by atoms with Crippen LogP contribution in [0.25, 0.3) is 10.2 Å². The lowest BCUT2D eigenvalue weighted by atomic mass is 10.2. The van der Waals surface area contributed by atoms with E-state index in [1.54, 1.807) is 24.3 Å². The third-order valence-electron chi connectivity index (χ3n) is 4.33. The van der Waals surface area contributed by atoms with Crippen LogP contribution in [0.15, 0.2) is 47.5 Å². The van der Waals surface area contributed by atoms with E-state index in [1.807, 2.05) is 22.8 Å². The van der Waals surface area contributed by atoms with Gasteiger partial charge in [-0.25, -0.2) is 0 Å². The smallest absolute Gasteiger partial charge is 0.307 e. The van der Waals surface area contributed by atoms with Gasteiger partial charge >= 0.3 is 5.97 Å². The summed E-state index contributed by atoms with van der Waals surface area (Å²) in [6.07, 6.45) is 0.170. The molecule has 0 bridgehead atoms. The lowest BCUT2D eigenvalue weighted by molar-refractivity contribution is -0.140. The number of benzene rings is 2. The van der Waals surface area contributed by atoms with Crippen LogP contribution < -0.4 is 14.3 Å². The van der Waals surface area contributed by atoms with Gasteiger partial charge < -0.3 is 18.8 Å². The number of esters is 1. The molecule has 0 saturated carbocycles. The maximum atomic E-state index is 12.6. The van der Waals surface area contributed by atoms with E-state index in [0.717, 1.165) is 10.2 Å². The number of nitrogens with zero attached hydrogens (tertiary/aromatic N) is 2. The third-order valence-corrected chi connectivity index (χ3v) is 5.37. The van der Waals surface area contributed by atoms with E-state index in [2.05, 4.69) is 4.99 Å². The number of thiazole rings is 1. The molecule has 0 fully saturated rings. The molecule has 28 heavy (non-hydrogen) atoms. The van der Waals surface area contributed by atoms with E-state index in [-0.39, 0.29) is 18.3 Å². The maximum Gasteiger partial charge on any atom is 0.307 e. The van der Waals surface area contributed by atoms with Crippen LogP contribution in [0.1, 0.15) is 16.8 Å². The van der Waals surface area contributed by atoms with Crippen molar-refractivity contribution in [3.05, 3.63) is 52.8 Å². The molecule has 1 amide bonds. The largest absolute Gasteiger partial charge is 0.486 e. The van der Waals surface area contributed by atoms with Crippen LogP contribution in [-0.2, 0) is 16.1 Å². The Morgan fingerprint density at radius 1 is 1.14 bits per heavy atom. The number of fused-ring (bicyclic) bond motifs is 2. The zero-order chi connectivity index (χ0) is 19.5. The Morgan fingerprint density at radius 3 is 2.57 bits per heavy atom. The first kappa shape index (κ1) is 18.2. The first-order valence-corrected chi connectivity index (χ1v) is 9.61. The zero-order valence-electron chi connectivity index (χ0n) is 15.2. The van der Waals surface area contributed by atoms with Crippen LogP contribution in [0.2, 0.25) is 0 Å². The molecular formula is C20H18N2O5S. The SMILES string of the molecule is COC(=O)CCn1c(=NC(=O)c2ccccc2)sc2cc3c(cc21)OCCO3. The highest BCUT2D eigenvalue weighted by molar-refractivity contribution is 7.16. The summed E-state index contributed by atoms with van der Waals surface area (Å²) in [6, 6.07) is 12.6. The number of aromatic nitrogens is 1. The molecule has 1 aliphatic heterocycles. The van der Waals surface area contributed by atoms with Crippen LogP contribution in [0.5, 0.6) is 11.5 Å². The number of hydrogen-bond donors (Lipinski definition) is 0. The van der Waals surface area contributed by atoms with Gasteiger partial charge in [-0.15, -0.1) is 0 Å². The van der Waals surface area contributed by atoms with Gasteiger partial charge in [-0.05, 0) is 12.1 Å².